The summed E-state index contributed by atoms with van der Waals surface area (Å²) < 4.78 is 26.8. The molecule has 0 aliphatic heterocycles. The minimum atomic E-state index is -3.67. The zero-order valence-electron chi connectivity index (χ0n) is 8.53. The van der Waals surface area contributed by atoms with Crippen LogP contribution in [0.3, 0.4) is 0 Å². The van der Waals surface area contributed by atoms with E-state index in [1.165, 1.54) is 0 Å². The molecule has 0 atom stereocenters. The van der Waals surface area contributed by atoms with Gasteiger partial charge in [0.05, 0.1) is 5.25 Å². The summed E-state index contributed by atoms with van der Waals surface area (Å²) in [5.74, 6) is 0. The standard InChI is InChI=1S/C8H15NO4S/c1-8(2,3)9-7(10)13-14(11,12)6-4-5-6/h6H,4-5H2,1-3H3,(H,9,10). The number of hydrogen-bond donors (Lipinski definition) is 1. The van der Waals surface area contributed by atoms with Gasteiger partial charge in [0.2, 0.25) is 0 Å². The SMILES string of the molecule is CC(C)(C)NC(=O)OS(=O)(=O)C1CC1. The molecule has 0 unspecified atom stereocenters. The molecule has 0 aromatic heterocycles. The predicted octanol–water partition coefficient (Wildman–Crippen LogP) is 1.00. The van der Waals surface area contributed by atoms with E-state index in [4.69, 9.17) is 0 Å². The van der Waals surface area contributed by atoms with Crippen LogP contribution in [0.1, 0.15) is 33.6 Å². The molecular formula is C8H15NO4S. The minimum Gasteiger partial charge on any atom is -0.328 e. The number of carbonyl (C=O) groups excluding carboxylic acids is 1. The number of hydrogen-bond acceptors (Lipinski definition) is 4. The Bertz CT molecular complexity index is 324. The van der Waals surface area contributed by atoms with E-state index < -0.39 is 27.0 Å². The van der Waals surface area contributed by atoms with Gasteiger partial charge in [0, 0.05) is 5.54 Å². The molecule has 1 fully saturated rings. The van der Waals surface area contributed by atoms with Gasteiger partial charge in [-0.3, -0.25) is 0 Å². The summed E-state index contributed by atoms with van der Waals surface area (Å²) >= 11 is 0. The summed E-state index contributed by atoms with van der Waals surface area (Å²) in [4.78, 5) is 11.1. The lowest BCUT2D eigenvalue weighted by Gasteiger charge is -2.19. The lowest BCUT2D eigenvalue weighted by atomic mass is 10.1. The monoisotopic (exact) mass is 221 g/mol. The summed E-state index contributed by atoms with van der Waals surface area (Å²) in [6.07, 6.45) is 0.278. The van der Waals surface area contributed by atoms with Crippen molar-refractivity contribution in [2.24, 2.45) is 0 Å². The lowest BCUT2D eigenvalue weighted by Crippen LogP contribution is -2.42. The normalized spacial score (nSPS) is 17.6. The van der Waals surface area contributed by atoms with Crippen LogP contribution in [-0.4, -0.2) is 25.3 Å². The van der Waals surface area contributed by atoms with E-state index in [1.54, 1.807) is 20.8 Å². The van der Waals surface area contributed by atoms with Crippen LogP contribution in [0, 0.1) is 0 Å². The molecule has 0 radical (unpaired) electrons. The van der Waals surface area contributed by atoms with E-state index in [2.05, 4.69) is 9.50 Å². The second kappa shape index (κ2) is 3.42. The third-order valence-corrected chi connectivity index (χ3v) is 3.27. The molecule has 1 aliphatic rings. The van der Waals surface area contributed by atoms with Crippen molar-refractivity contribution in [3.8, 4) is 0 Å². The van der Waals surface area contributed by atoms with Crippen molar-refractivity contribution in [1.82, 2.24) is 5.32 Å². The molecule has 0 bridgehead atoms. The number of amides is 1. The Morgan fingerprint density at radius 3 is 2.21 bits per heavy atom. The number of nitrogens with one attached hydrogen (secondary N) is 1. The topological polar surface area (TPSA) is 72.5 Å². The Balaban J connectivity index is 2.48. The molecule has 1 saturated carbocycles. The largest absolute Gasteiger partial charge is 0.423 e. The van der Waals surface area contributed by atoms with E-state index in [1.807, 2.05) is 0 Å². The highest BCUT2D eigenvalue weighted by Gasteiger charge is 2.39. The van der Waals surface area contributed by atoms with Crippen LogP contribution in [-0.2, 0) is 14.3 Å². The summed E-state index contributed by atoms with van der Waals surface area (Å²) in [6.45, 7) is 5.24. The van der Waals surface area contributed by atoms with Gasteiger partial charge in [-0.15, -0.1) is 0 Å². The molecule has 6 heteroatoms. The van der Waals surface area contributed by atoms with Gasteiger partial charge in [0.25, 0.3) is 0 Å². The second-order valence-corrected chi connectivity index (χ2v) is 6.26. The van der Waals surface area contributed by atoms with Gasteiger partial charge < -0.3 is 9.50 Å². The van der Waals surface area contributed by atoms with Crippen LogP contribution < -0.4 is 5.32 Å². The first kappa shape index (κ1) is 11.3. The smallest absolute Gasteiger partial charge is 0.328 e. The second-order valence-electron chi connectivity index (χ2n) is 4.44. The van der Waals surface area contributed by atoms with Gasteiger partial charge >= 0.3 is 16.2 Å². The van der Waals surface area contributed by atoms with Crippen LogP contribution in [0.15, 0.2) is 0 Å². The van der Waals surface area contributed by atoms with Crippen LogP contribution >= 0.6 is 0 Å². The zero-order valence-corrected chi connectivity index (χ0v) is 9.35. The fraction of sp³-hybridized carbons (Fsp3) is 0.875. The van der Waals surface area contributed by atoms with Crippen molar-refractivity contribution < 1.29 is 17.4 Å². The summed E-state index contributed by atoms with van der Waals surface area (Å²) in [7, 11) is -3.67. The minimum absolute atomic E-state index is 0.479. The molecule has 82 valence electrons. The fourth-order valence-corrected chi connectivity index (χ4v) is 1.96. The zero-order chi connectivity index (χ0) is 11.0. The number of carbonyl (C=O) groups is 1. The van der Waals surface area contributed by atoms with Gasteiger partial charge in [-0.25, -0.2) is 4.79 Å². The van der Waals surface area contributed by atoms with Crippen molar-refractivity contribution in [3.05, 3.63) is 0 Å². The van der Waals surface area contributed by atoms with E-state index >= 15 is 0 Å². The molecule has 1 rings (SSSR count). The first-order valence-electron chi connectivity index (χ1n) is 4.46. The highest BCUT2D eigenvalue weighted by atomic mass is 32.2. The Morgan fingerprint density at radius 2 is 1.86 bits per heavy atom. The average molecular weight is 221 g/mol. The molecule has 14 heavy (non-hydrogen) atoms. The van der Waals surface area contributed by atoms with Crippen LogP contribution in [0.5, 0.6) is 0 Å². The van der Waals surface area contributed by atoms with E-state index in [-0.39, 0.29) is 0 Å². The number of rotatable bonds is 2. The Hall–Kier alpha value is -0.780. The molecule has 0 aromatic carbocycles. The maximum Gasteiger partial charge on any atom is 0.423 e. The quantitative estimate of drug-likeness (QED) is 0.706. The molecule has 1 aliphatic carbocycles. The molecule has 0 aromatic rings. The van der Waals surface area contributed by atoms with Crippen LogP contribution in [0.2, 0.25) is 0 Å². The van der Waals surface area contributed by atoms with Crippen molar-refractivity contribution >= 4 is 16.2 Å². The van der Waals surface area contributed by atoms with E-state index in [0.717, 1.165) is 0 Å². The van der Waals surface area contributed by atoms with Gasteiger partial charge in [0.15, 0.2) is 0 Å². The van der Waals surface area contributed by atoms with Crippen LogP contribution in [0.4, 0.5) is 4.79 Å². The summed E-state index contributed by atoms with van der Waals surface area (Å²) in [6, 6.07) is 0. The molecule has 1 amide bonds. The van der Waals surface area contributed by atoms with Gasteiger partial charge in [-0.1, -0.05) is 0 Å². The average Bonchev–Trinajstić information content (AvgIpc) is 2.57. The first-order chi connectivity index (χ1) is 6.21. The maximum absolute atomic E-state index is 11.2. The third kappa shape index (κ3) is 3.53. The summed E-state index contributed by atoms with van der Waals surface area (Å²) in [5, 5.41) is 1.94. The highest BCUT2D eigenvalue weighted by molar-refractivity contribution is 7.88. The fourth-order valence-electron chi connectivity index (χ4n) is 0.857. The first-order valence-corrected chi connectivity index (χ1v) is 5.93. The van der Waals surface area contributed by atoms with Crippen molar-refractivity contribution in [2.45, 2.75) is 44.4 Å². The molecule has 5 nitrogen and oxygen atoms in total. The van der Waals surface area contributed by atoms with Gasteiger partial charge in [0.1, 0.15) is 0 Å². The lowest BCUT2D eigenvalue weighted by molar-refractivity contribution is 0.192. The highest BCUT2D eigenvalue weighted by Crippen LogP contribution is 2.29. The predicted molar refractivity (Wildman–Crippen MR) is 51.3 cm³/mol. The Kier molecular flexibility index (Phi) is 2.76. The Morgan fingerprint density at radius 1 is 1.36 bits per heavy atom. The third-order valence-electron chi connectivity index (χ3n) is 1.60. The molecule has 0 spiro atoms. The van der Waals surface area contributed by atoms with Gasteiger partial charge in [-0.2, -0.15) is 8.42 Å². The van der Waals surface area contributed by atoms with Crippen molar-refractivity contribution in [3.63, 3.8) is 0 Å². The van der Waals surface area contributed by atoms with Crippen molar-refractivity contribution in [1.29, 1.82) is 0 Å². The van der Waals surface area contributed by atoms with Gasteiger partial charge in [-0.05, 0) is 33.6 Å². The van der Waals surface area contributed by atoms with Crippen molar-refractivity contribution in [2.75, 3.05) is 0 Å². The maximum atomic E-state index is 11.2. The molecule has 0 heterocycles. The summed E-state index contributed by atoms with van der Waals surface area (Å²) in [5.41, 5.74) is -0.490. The van der Waals surface area contributed by atoms with E-state index in [0.29, 0.717) is 12.8 Å². The molecule has 0 saturated heterocycles. The van der Waals surface area contributed by atoms with Crippen LogP contribution in [0.25, 0.3) is 0 Å². The molecular weight excluding hydrogens is 206 g/mol. The molecule has 1 N–H and O–H groups in total. The van der Waals surface area contributed by atoms with E-state index in [9.17, 15) is 13.2 Å². The Labute approximate surface area is 83.9 Å².